The normalized spacial score (nSPS) is 11.0. The molecule has 8 heteroatoms. The van der Waals surface area contributed by atoms with Crippen LogP contribution in [0, 0.1) is 0 Å². The standard InChI is InChI=1S/C16H16N4O2S.HI/c1-21-13-5-2-4-11(8-13)20-16(17)18-9-12-10-22-15(19-12)14-6-3-7-23-14;/h2-8,10H,9H2,1H3,(H3,17,18,20);1H. The van der Waals surface area contributed by atoms with Gasteiger partial charge in [0.05, 0.1) is 18.5 Å². The van der Waals surface area contributed by atoms with Crippen LogP contribution in [0.2, 0.25) is 0 Å². The van der Waals surface area contributed by atoms with Crippen molar-refractivity contribution in [2.24, 2.45) is 10.7 Å². The zero-order valence-corrected chi connectivity index (χ0v) is 16.1. The average molecular weight is 456 g/mol. The van der Waals surface area contributed by atoms with E-state index in [4.69, 9.17) is 14.9 Å². The van der Waals surface area contributed by atoms with Crippen molar-refractivity contribution in [2.75, 3.05) is 12.4 Å². The third kappa shape index (κ3) is 4.71. The lowest BCUT2D eigenvalue weighted by Crippen LogP contribution is -2.22. The maximum atomic E-state index is 5.89. The first-order valence-electron chi connectivity index (χ1n) is 6.94. The molecule has 0 aliphatic carbocycles. The molecule has 0 aliphatic rings. The third-order valence-electron chi connectivity index (χ3n) is 3.04. The second-order valence-corrected chi connectivity index (χ2v) is 5.63. The van der Waals surface area contributed by atoms with Crippen LogP contribution in [-0.4, -0.2) is 18.1 Å². The molecule has 24 heavy (non-hydrogen) atoms. The Morgan fingerprint density at radius 2 is 2.25 bits per heavy atom. The topological polar surface area (TPSA) is 85.7 Å². The molecule has 0 saturated heterocycles. The Morgan fingerprint density at radius 3 is 3.00 bits per heavy atom. The van der Waals surface area contributed by atoms with E-state index < -0.39 is 0 Å². The van der Waals surface area contributed by atoms with Crippen molar-refractivity contribution in [1.82, 2.24) is 4.98 Å². The number of anilines is 1. The van der Waals surface area contributed by atoms with Gasteiger partial charge in [-0.05, 0) is 23.6 Å². The SMILES string of the molecule is COc1cccc(NC(N)=NCc2coc(-c3cccs3)n2)c1.I. The summed E-state index contributed by atoms with van der Waals surface area (Å²) in [6, 6.07) is 11.4. The van der Waals surface area contributed by atoms with Crippen LogP contribution in [0.25, 0.3) is 10.8 Å². The van der Waals surface area contributed by atoms with E-state index in [-0.39, 0.29) is 24.0 Å². The maximum Gasteiger partial charge on any atom is 0.236 e. The Morgan fingerprint density at radius 1 is 1.38 bits per heavy atom. The molecule has 3 rings (SSSR count). The number of nitrogens with two attached hydrogens (primary N) is 1. The summed E-state index contributed by atoms with van der Waals surface area (Å²) >= 11 is 1.58. The number of benzene rings is 1. The molecular formula is C16H17IN4O2S. The predicted octanol–water partition coefficient (Wildman–Crippen LogP) is 3.96. The van der Waals surface area contributed by atoms with Gasteiger partial charge < -0.3 is 20.2 Å². The first kappa shape index (κ1) is 18.3. The van der Waals surface area contributed by atoms with Crippen LogP contribution in [0.15, 0.2) is 57.5 Å². The molecule has 0 amide bonds. The highest BCUT2D eigenvalue weighted by molar-refractivity contribution is 14.0. The molecule has 0 aliphatic heterocycles. The van der Waals surface area contributed by atoms with Gasteiger partial charge in [0.1, 0.15) is 17.7 Å². The smallest absolute Gasteiger partial charge is 0.236 e. The zero-order valence-electron chi connectivity index (χ0n) is 12.9. The summed E-state index contributed by atoms with van der Waals surface area (Å²) in [6.07, 6.45) is 1.59. The van der Waals surface area contributed by atoms with Crippen molar-refractivity contribution in [3.63, 3.8) is 0 Å². The summed E-state index contributed by atoms with van der Waals surface area (Å²) in [5.74, 6) is 1.66. The molecule has 0 radical (unpaired) electrons. The van der Waals surface area contributed by atoms with E-state index in [1.54, 1.807) is 24.7 Å². The van der Waals surface area contributed by atoms with Crippen molar-refractivity contribution in [3.8, 4) is 16.5 Å². The molecule has 0 atom stereocenters. The molecule has 2 aromatic heterocycles. The van der Waals surface area contributed by atoms with Crippen LogP contribution in [0.1, 0.15) is 5.69 Å². The summed E-state index contributed by atoms with van der Waals surface area (Å²) < 4.78 is 10.6. The lowest BCUT2D eigenvalue weighted by molar-refractivity contribution is 0.415. The highest BCUT2D eigenvalue weighted by Crippen LogP contribution is 2.23. The van der Waals surface area contributed by atoms with Gasteiger partial charge in [0, 0.05) is 11.8 Å². The fraction of sp³-hybridized carbons (Fsp3) is 0.125. The van der Waals surface area contributed by atoms with Gasteiger partial charge >= 0.3 is 0 Å². The monoisotopic (exact) mass is 456 g/mol. The molecule has 1 aromatic carbocycles. The Labute approximate surface area is 160 Å². The minimum Gasteiger partial charge on any atom is -0.497 e. The van der Waals surface area contributed by atoms with Gasteiger partial charge in [-0.3, -0.25) is 0 Å². The Kier molecular flexibility index (Phi) is 6.62. The van der Waals surface area contributed by atoms with E-state index in [1.807, 2.05) is 41.8 Å². The molecule has 126 valence electrons. The number of halogens is 1. The van der Waals surface area contributed by atoms with E-state index >= 15 is 0 Å². The second-order valence-electron chi connectivity index (χ2n) is 4.68. The van der Waals surface area contributed by atoms with E-state index in [2.05, 4.69) is 15.3 Å². The number of nitrogens with one attached hydrogen (secondary N) is 1. The molecule has 0 saturated carbocycles. The van der Waals surface area contributed by atoms with Crippen molar-refractivity contribution < 1.29 is 9.15 Å². The molecule has 6 nitrogen and oxygen atoms in total. The number of aromatic nitrogens is 1. The van der Waals surface area contributed by atoms with Gasteiger partial charge in [0.2, 0.25) is 5.89 Å². The van der Waals surface area contributed by atoms with Gasteiger partial charge in [-0.15, -0.1) is 35.3 Å². The summed E-state index contributed by atoms with van der Waals surface area (Å²) in [5, 5.41) is 4.99. The van der Waals surface area contributed by atoms with Crippen LogP contribution in [0.3, 0.4) is 0 Å². The highest BCUT2D eigenvalue weighted by atomic mass is 127. The van der Waals surface area contributed by atoms with Gasteiger partial charge in [0.25, 0.3) is 0 Å². The van der Waals surface area contributed by atoms with Gasteiger partial charge in [-0.1, -0.05) is 12.1 Å². The van der Waals surface area contributed by atoms with Crippen molar-refractivity contribution >= 4 is 47.0 Å². The molecular weight excluding hydrogens is 439 g/mol. The van der Waals surface area contributed by atoms with Crippen LogP contribution < -0.4 is 15.8 Å². The summed E-state index contributed by atoms with van der Waals surface area (Å²) in [4.78, 5) is 9.64. The van der Waals surface area contributed by atoms with Gasteiger partial charge in [0.15, 0.2) is 5.96 Å². The quantitative estimate of drug-likeness (QED) is 0.345. The number of rotatable bonds is 5. The lowest BCUT2D eigenvalue weighted by atomic mass is 10.3. The summed E-state index contributed by atoms with van der Waals surface area (Å²) in [7, 11) is 1.62. The largest absolute Gasteiger partial charge is 0.497 e. The molecule has 2 heterocycles. The van der Waals surface area contributed by atoms with E-state index in [0.29, 0.717) is 18.4 Å². The molecule has 0 unspecified atom stereocenters. The first-order valence-corrected chi connectivity index (χ1v) is 7.82. The predicted molar refractivity (Wildman–Crippen MR) is 107 cm³/mol. The van der Waals surface area contributed by atoms with Crippen LogP contribution in [0.5, 0.6) is 5.75 Å². The molecule has 3 N–H and O–H groups in total. The Hall–Kier alpha value is -2.07. The number of hydrogen-bond donors (Lipinski definition) is 2. The van der Waals surface area contributed by atoms with Crippen molar-refractivity contribution in [3.05, 3.63) is 53.7 Å². The van der Waals surface area contributed by atoms with Gasteiger partial charge in [-0.25, -0.2) is 9.98 Å². The highest BCUT2D eigenvalue weighted by Gasteiger charge is 2.07. The van der Waals surface area contributed by atoms with Crippen molar-refractivity contribution in [1.29, 1.82) is 0 Å². The number of aliphatic imine (C=N–C) groups is 1. The van der Waals surface area contributed by atoms with Crippen LogP contribution >= 0.6 is 35.3 Å². The first-order chi connectivity index (χ1) is 11.2. The zero-order chi connectivity index (χ0) is 16.1. The molecule has 0 bridgehead atoms. The second kappa shape index (κ2) is 8.69. The molecule has 0 spiro atoms. The van der Waals surface area contributed by atoms with Crippen LogP contribution in [0.4, 0.5) is 5.69 Å². The molecule has 0 fully saturated rings. The van der Waals surface area contributed by atoms with E-state index in [0.717, 1.165) is 22.0 Å². The van der Waals surface area contributed by atoms with E-state index in [1.165, 1.54) is 0 Å². The number of oxazole rings is 1. The summed E-state index contributed by atoms with van der Waals surface area (Å²) in [5.41, 5.74) is 7.42. The minimum atomic E-state index is 0. The number of thiophene rings is 1. The Bertz CT molecular complexity index is 802. The number of guanidine groups is 1. The summed E-state index contributed by atoms with van der Waals surface area (Å²) in [6.45, 7) is 0.345. The molecule has 3 aromatic rings. The lowest BCUT2D eigenvalue weighted by Gasteiger charge is -2.06. The Balaban J connectivity index is 0.00000208. The maximum absolute atomic E-state index is 5.89. The number of methoxy groups -OCH3 is 1. The minimum absolute atomic E-state index is 0. The van der Waals surface area contributed by atoms with Crippen molar-refractivity contribution in [2.45, 2.75) is 6.54 Å². The fourth-order valence-corrected chi connectivity index (χ4v) is 2.60. The number of hydrogen-bond acceptors (Lipinski definition) is 5. The average Bonchev–Trinajstić information content (AvgIpc) is 3.24. The number of nitrogens with zero attached hydrogens (tertiary/aromatic N) is 2. The van der Waals surface area contributed by atoms with E-state index in [9.17, 15) is 0 Å². The number of ether oxygens (including phenoxy) is 1. The third-order valence-corrected chi connectivity index (χ3v) is 3.90. The fourth-order valence-electron chi connectivity index (χ4n) is 1.95. The van der Waals surface area contributed by atoms with Gasteiger partial charge in [-0.2, -0.15) is 0 Å². The van der Waals surface area contributed by atoms with Crippen LogP contribution in [-0.2, 0) is 6.54 Å².